The summed E-state index contributed by atoms with van der Waals surface area (Å²) in [5, 5.41) is 5.21. The molecule has 0 bridgehead atoms. The van der Waals surface area contributed by atoms with Gasteiger partial charge < -0.3 is 10.1 Å². The maximum atomic E-state index is 12.4. The number of rotatable bonds is 3. The highest BCUT2D eigenvalue weighted by Gasteiger charge is 2.15. The Morgan fingerprint density at radius 3 is 2.73 bits per heavy atom. The van der Waals surface area contributed by atoms with Crippen LogP contribution in [0.15, 0.2) is 23.2 Å². The van der Waals surface area contributed by atoms with Crippen LogP contribution in [0.2, 0.25) is 0 Å². The molecule has 0 fully saturated rings. The summed E-state index contributed by atoms with van der Waals surface area (Å²) in [6.07, 6.45) is 0. The van der Waals surface area contributed by atoms with E-state index in [9.17, 15) is 14.0 Å². The van der Waals surface area contributed by atoms with Crippen molar-refractivity contribution in [2.45, 2.75) is 0 Å². The first-order valence-electron chi connectivity index (χ1n) is 3.86. The summed E-state index contributed by atoms with van der Waals surface area (Å²) in [5.41, 5.74) is 0.410. The van der Waals surface area contributed by atoms with Crippen LogP contribution in [0, 0.1) is 0 Å². The average molecular weight is 229 g/mol. The Labute approximate surface area is 89.4 Å². The summed E-state index contributed by atoms with van der Waals surface area (Å²) in [7, 11) is 1.22. The van der Waals surface area contributed by atoms with Crippen LogP contribution >= 0.6 is 11.3 Å². The van der Waals surface area contributed by atoms with Crippen LogP contribution in [0.25, 0.3) is 0 Å². The molecule has 1 heterocycles. The van der Waals surface area contributed by atoms with Gasteiger partial charge in [-0.3, -0.25) is 4.79 Å². The molecule has 1 amide bonds. The molecule has 0 aliphatic heterocycles. The van der Waals surface area contributed by atoms with E-state index in [1.165, 1.54) is 29.2 Å². The smallest absolute Gasteiger partial charge is 0.340 e. The number of halogens is 1. The fraction of sp³-hybridized carbons (Fsp3) is 0.111. The molecule has 15 heavy (non-hydrogen) atoms. The van der Waals surface area contributed by atoms with Crippen molar-refractivity contribution in [2.24, 2.45) is 0 Å². The van der Waals surface area contributed by atoms with Gasteiger partial charge in [-0.25, -0.2) is 9.18 Å². The maximum absolute atomic E-state index is 12.4. The van der Waals surface area contributed by atoms with Crippen LogP contribution in [0.5, 0.6) is 0 Å². The van der Waals surface area contributed by atoms with E-state index in [0.717, 1.165) is 0 Å². The molecule has 0 atom stereocenters. The van der Waals surface area contributed by atoms with E-state index in [0.29, 0.717) is 0 Å². The van der Waals surface area contributed by atoms with Gasteiger partial charge in [-0.2, -0.15) is 0 Å². The van der Waals surface area contributed by atoms with E-state index >= 15 is 0 Å². The third-order valence-electron chi connectivity index (χ3n) is 1.56. The van der Waals surface area contributed by atoms with Gasteiger partial charge in [-0.15, -0.1) is 11.3 Å². The summed E-state index contributed by atoms with van der Waals surface area (Å²) < 4.78 is 16.9. The Hall–Kier alpha value is -1.69. The molecule has 0 aliphatic carbocycles. The highest BCUT2D eigenvalue weighted by Crippen LogP contribution is 2.22. The minimum atomic E-state index is -1.11. The van der Waals surface area contributed by atoms with E-state index in [1.807, 2.05) is 0 Å². The molecule has 0 saturated carbocycles. The molecule has 0 saturated heterocycles. The van der Waals surface area contributed by atoms with Gasteiger partial charge in [0.15, 0.2) is 5.83 Å². The predicted molar refractivity (Wildman–Crippen MR) is 54.5 cm³/mol. The number of methoxy groups -OCH3 is 1. The van der Waals surface area contributed by atoms with Gasteiger partial charge in [0.25, 0.3) is 5.91 Å². The lowest BCUT2D eigenvalue weighted by molar-refractivity contribution is -0.114. The molecular formula is C9H8FNO3S. The van der Waals surface area contributed by atoms with Gasteiger partial charge in [-0.1, -0.05) is 6.58 Å². The number of carbonyl (C=O) groups excluding carboxylic acids is 2. The van der Waals surface area contributed by atoms with E-state index in [4.69, 9.17) is 0 Å². The van der Waals surface area contributed by atoms with Crippen molar-refractivity contribution in [3.63, 3.8) is 0 Å². The van der Waals surface area contributed by atoms with Crippen molar-refractivity contribution in [1.29, 1.82) is 0 Å². The zero-order valence-electron chi connectivity index (χ0n) is 7.87. The van der Waals surface area contributed by atoms with Crippen molar-refractivity contribution in [3.8, 4) is 0 Å². The minimum Gasteiger partial charge on any atom is -0.465 e. The second kappa shape index (κ2) is 4.70. The molecule has 4 nitrogen and oxygen atoms in total. The zero-order chi connectivity index (χ0) is 11.4. The number of amides is 1. The van der Waals surface area contributed by atoms with Crippen LogP contribution in [0.3, 0.4) is 0 Å². The number of nitrogens with one attached hydrogen (secondary N) is 1. The monoisotopic (exact) mass is 229 g/mol. The normalized spacial score (nSPS) is 9.47. The summed E-state index contributed by atoms with van der Waals surface area (Å²) in [5.74, 6) is -2.67. The Morgan fingerprint density at radius 2 is 2.20 bits per heavy atom. The van der Waals surface area contributed by atoms with Crippen LogP contribution in [0.4, 0.5) is 10.1 Å². The van der Waals surface area contributed by atoms with E-state index in [1.54, 1.807) is 0 Å². The lowest BCUT2D eigenvalue weighted by atomic mass is 10.3. The van der Waals surface area contributed by atoms with Crippen LogP contribution < -0.4 is 5.32 Å². The molecule has 0 aromatic carbocycles. The van der Waals surface area contributed by atoms with Gasteiger partial charge in [0.2, 0.25) is 0 Å². The van der Waals surface area contributed by atoms with Gasteiger partial charge in [0, 0.05) is 10.8 Å². The lowest BCUT2D eigenvalue weighted by Gasteiger charge is -2.03. The maximum Gasteiger partial charge on any atom is 0.340 e. The molecular weight excluding hydrogens is 221 g/mol. The van der Waals surface area contributed by atoms with Crippen LogP contribution in [-0.2, 0) is 9.53 Å². The molecule has 1 N–H and O–H groups in total. The largest absolute Gasteiger partial charge is 0.465 e. The highest BCUT2D eigenvalue weighted by molar-refractivity contribution is 7.08. The fourth-order valence-electron chi connectivity index (χ4n) is 0.852. The average Bonchev–Trinajstić information content (AvgIpc) is 2.64. The first-order chi connectivity index (χ1) is 7.06. The number of carbonyl (C=O) groups is 2. The fourth-order valence-corrected chi connectivity index (χ4v) is 1.60. The van der Waals surface area contributed by atoms with Crippen molar-refractivity contribution >= 4 is 28.9 Å². The Bertz CT molecular complexity index is 413. The summed E-state index contributed by atoms with van der Waals surface area (Å²) in [6.45, 7) is 2.84. The lowest BCUT2D eigenvalue weighted by Crippen LogP contribution is -2.13. The van der Waals surface area contributed by atoms with Gasteiger partial charge in [-0.05, 0) is 0 Å². The first-order valence-corrected chi connectivity index (χ1v) is 4.80. The third kappa shape index (κ3) is 2.63. The summed E-state index contributed by atoms with van der Waals surface area (Å²) in [4.78, 5) is 22.1. The summed E-state index contributed by atoms with van der Waals surface area (Å²) >= 11 is 1.20. The molecule has 1 aromatic rings. The van der Waals surface area contributed by atoms with E-state index < -0.39 is 17.7 Å². The predicted octanol–water partition coefficient (Wildman–Crippen LogP) is 1.96. The van der Waals surface area contributed by atoms with Crippen molar-refractivity contribution < 1.29 is 18.7 Å². The molecule has 1 aromatic heterocycles. The number of hydrogen-bond donors (Lipinski definition) is 1. The second-order valence-electron chi connectivity index (χ2n) is 2.55. The molecule has 0 unspecified atom stereocenters. The molecule has 0 spiro atoms. The second-order valence-corrected chi connectivity index (χ2v) is 3.29. The van der Waals surface area contributed by atoms with Crippen molar-refractivity contribution in [1.82, 2.24) is 0 Å². The Kier molecular flexibility index (Phi) is 3.56. The topological polar surface area (TPSA) is 55.4 Å². The first kappa shape index (κ1) is 11.4. The quantitative estimate of drug-likeness (QED) is 0.636. The Balaban J connectivity index is 2.87. The third-order valence-corrected chi connectivity index (χ3v) is 2.31. The molecule has 0 aliphatic rings. The molecule has 6 heteroatoms. The number of anilines is 1. The van der Waals surface area contributed by atoms with E-state index in [2.05, 4.69) is 16.6 Å². The van der Waals surface area contributed by atoms with Crippen molar-refractivity contribution in [3.05, 3.63) is 28.7 Å². The van der Waals surface area contributed by atoms with Gasteiger partial charge in [0.05, 0.1) is 18.4 Å². The number of ether oxygens (including phenoxy) is 1. The van der Waals surface area contributed by atoms with Gasteiger partial charge >= 0.3 is 5.97 Å². The molecule has 80 valence electrons. The molecule has 1 rings (SSSR count). The number of thiophene rings is 1. The molecule has 0 radical (unpaired) electrons. The zero-order valence-corrected chi connectivity index (χ0v) is 8.69. The Morgan fingerprint density at radius 1 is 1.53 bits per heavy atom. The summed E-state index contributed by atoms with van der Waals surface area (Å²) in [6, 6.07) is 0. The van der Waals surface area contributed by atoms with Crippen LogP contribution in [0.1, 0.15) is 10.4 Å². The van der Waals surface area contributed by atoms with E-state index in [-0.39, 0.29) is 11.3 Å². The standard InChI is InChI=1S/C9H8FNO3S/c1-5(10)8(12)11-7-4-15-3-6(7)9(13)14-2/h3-4H,1H2,2H3,(H,11,12). The SMILES string of the molecule is C=C(F)C(=O)Nc1cscc1C(=O)OC. The van der Waals surface area contributed by atoms with Crippen LogP contribution in [-0.4, -0.2) is 19.0 Å². The highest BCUT2D eigenvalue weighted by atomic mass is 32.1. The number of hydrogen-bond acceptors (Lipinski definition) is 4. The number of esters is 1. The van der Waals surface area contributed by atoms with Crippen molar-refractivity contribution in [2.75, 3.05) is 12.4 Å². The minimum absolute atomic E-state index is 0.192. The van der Waals surface area contributed by atoms with Gasteiger partial charge in [0.1, 0.15) is 0 Å².